The highest BCUT2D eigenvalue weighted by atomic mass is 35.5. The number of fused-ring (bicyclic) bond motifs is 1. The SMILES string of the molecule is CC1Cc2ccccc2N1Cc1ccc(C#N)cc1Cl. The van der Waals surface area contributed by atoms with Crippen LogP contribution in [-0.4, -0.2) is 6.04 Å². The quantitative estimate of drug-likeness (QED) is 0.827. The Morgan fingerprint density at radius 1 is 1.30 bits per heavy atom. The Hall–Kier alpha value is -1.98. The zero-order chi connectivity index (χ0) is 14.1. The molecule has 1 atom stereocenters. The average molecular weight is 283 g/mol. The lowest BCUT2D eigenvalue weighted by atomic mass is 10.1. The molecule has 2 aromatic rings. The van der Waals surface area contributed by atoms with Crippen molar-refractivity contribution in [2.24, 2.45) is 0 Å². The second-order valence-electron chi connectivity index (χ2n) is 5.23. The minimum atomic E-state index is 0.471. The minimum Gasteiger partial charge on any atom is -0.364 e. The summed E-state index contributed by atoms with van der Waals surface area (Å²) in [7, 11) is 0. The number of hydrogen-bond donors (Lipinski definition) is 0. The van der Waals surface area contributed by atoms with Gasteiger partial charge in [-0.05, 0) is 42.7 Å². The van der Waals surface area contributed by atoms with E-state index in [-0.39, 0.29) is 0 Å². The predicted molar refractivity (Wildman–Crippen MR) is 82.0 cm³/mol. The molecule has 1 aliphatic heterocycles. The Balaban J connectivity index is 1.90. The predicted octanol–water partition coefficient (Wildman–Crippen LogP) is 4.16. The molecule has 0 saturated heterocycles. The number of anilines is 1. The van der Waals surface area contributed by atoms with E-state index in [2.05, 4.69) is 42.2 Å². The van der Waals surface area contributed by atoms with Gasteiger partial charge in [0, 0.05) is 23.3 Å². The van der Waals surface area contributed by atoms with Crippen LogP contribution in [0.15, 0.2) is 42.5 Å². The monoisotopic (exact) mass is 282 g/mol. The minimum absolute atomic E-state index is 0.471. The van der Waals surface area contributed by atoms with Gasteiger partial charge in [-0.15, -0.1) is 0 Å². The van der Waals surface area contributed by atoms with Crippen LogP contribution < -0.4 is 4.90 Å². The van der Waals surface area contributed by atoms with Gasteiger partial charge in [0.25, 0.3) is 0 Å². The van der Waals surface area contributed by atoms with Crippen molar-refractivity contribution < 1.29 is 0 Å². The van der Waals surface area contributed by atoms with Crippen molar-refractivity contribution in [2.45, 2.75) is 25.9 Å². The van der Waals surface area contributed by atoms with E-state index in [1.54, 1.807) is 6.07 Å². The number of nitriles is 1. The first-order valence-electron chi connectivity index (χ1n) is 6.72. The molecule has 0 spiro atoms. The number of para-hydroxylation sites is 1. The van der Waals surface area contributed by atoms with Crippen molar-refractivity contribution in [1.29, 1.82) is 5.26 Å². The van der Waals surface area contributed by atoms with E-state index in [1.807, 2.05) is 12.1 Å². The molecule has 3 rings (SSSR count). The van der Waals surface area contributed by atoms with Crippen molar-refractivity contribution in [3.8, 4) is 6.07 Å². The summed E-state index contributed by atoms with van der Waals surface area (Å²) in [5, 5.41) is 9.56. The fourth-order valence-electron chi connectivity index (χ4n) is 2.80. The van der Waals surface area contributed by atoms with Crippen molar-refractivity contribution in [3.05, 3.63) is 64.2 Å². The molecule has 1 aliphatic rings. The molecule has 0 amide bonds. The van der Waals surface area contributed by atoms with Gasteiger partial charge in [0.1, 0.15) is 0 Å². The zero-order valence-electron chi connectivity index (χ0n) is 11.3. The summed E-state index contributed by atoms with van der Waals surface area (Å²) in [4.78, 5) is 2.38. The van der Waals surface area contributed by atoms with Crippen LogP contribution in [0.1, 0.15) is 23.6 Å². The largest absolute Gasteiger partial charge is 0.364 e. The van der Waals surface area contributed by atoms with E-state index >= 15 is 0 Å². The lowest BCUT2D eigenvalue weighted by molar-refractivity contribution is 0.672. The first-order valence-corrected chi connectivity index (χ1v) is 7.10. The molecule has 1 heterocycles. The summed E-state index contributed by atoms with van der Waals surface area (Å²) in [6.07, 6.45) is 1.07. The second-order valence-corrected chi connectivity index (χ2v) is 5.63. The van der Waals surface area contributed by atoms with Gasteiger partial charge in [-0.25, -0.2) is 0 Å². The summed E-state index contributed by atoms with van der Waals surface area (Å²) in [6.45, 7) is 3.01. The maximum absolute atomic E-state index is 8.89. The summed E-state index contributed by atoms with van der Waals surface area (Å²) < 4.78 is 0. The van der Waals surface area contributed by atoms with Gasteiger partial charge in [-0.3, -0.25) is 0 Å². The molecule has 0 saturated carbocycles. The van der Waals surface area contributed by atoms with Crippen LogP contribution in [0, 0.1) is 11.3 Å². The Morgan fingerprint density at radius 3 is 2.85 bits per heavy atom. The molecular formula is C17H15ClN2. The number of nitrogens with zero attached hydrogens (tertiary/aromatic N) is 2. The van der Waals surface area contributed by atoms with Gasteiger partial charge in [-0.1, -0.05) is 35.9 Å². The Bertz CT molecular complexity index is 688. The Kier molecular flexibility index (Phi) is 3.38. The van der Waals surface area contributed by atoms with Crippen molar-refractivity contribution in [1.82, 2.24) is 0 Å². The Labute approximate surface area is 124 Å². The summed E-state index contributed by atoms with van der Waals surface area (Å²) >= 11 is 6.28. The third-order valence-corrected chi connectivity index (χ3v) is 4.22. The van der Waals surface area contributed by atoms with Gasteiger partial charge in [0.2, 0.25) is 0 Å². The molecule has 0 N–H and O–H groups in total. The molecule has 3 heteroatoms. The highest BCUT2D eigenvalue weighted by Gasteiger charge is 2.25. The molecule has 0 aromatic heterocycles. The highest BCUT2D eigenvalue weighted by Crippen LogP contribution is 2.34. The lowest BCUT2D eigenvalue weighted by Gasteiger charge is -2.25. The van der Waals surface area contributed by atoms with Gasteiger partial charge >= 0.3 is 0 Å². The van der Waals surface area contributed by atoms with Crippen LogP contribution >= 0.6 is 11.6 Å². The van der Waals surface area contributed by atoms with Gasteiger partial charge in [0.15, 0.2) is 0 Å². The molecule has 20 heavy (non-hydrogen) atoms. The van der Waals surface area contributed by atoms with E-state index < -0.39 is 0 Å². The number of rotatable bonds is 2. The maximum atomic E-state index is 8.89. The standard InChI is InChI=1S/C17H15ClN2/c1-12-8-14-4-2-3-5-17(14)20(12)11-15-7-6-13(10-19)9-16(15)18/h2-7,9,12H,8,11H2,1H3. The molecule has 100 valence electrons. The summed E-state index contributed by atoms with van der Waals surface area (Å²) in [5.74, 6) is 0. The van der Waals surface area contributed by atoms with Crippen molar-refractivity contribution in [3.63, 3.8) is 0 Å². The van der Waals surface area contributed by atoms with E-state index in [0.29, 0.717) is 16.6 Å². The van der Waals surface area contributed by atoms with Gasteiger partial charge < -0.3 is 4.90 Å². The van der Waals surface area contributed by atoms with Crippen LogP contribution in [0.5, 0.6) is 0 Å². The molecule has 0 bridgehead atoms. The Morgan fingerprint density at radius 2 is 2.10 bits per heavy atom. The highest BCUT2D eigenvalue weighted by molar-refractivity contribution is 6.31. The summed E-state index contributed by atoms with van der Waals surface area (Å²) in [5.41, 5.74) is 4.35. The molecule has 0 fully saturated rings. The number of halogens is 1. The molecule has 0 aliphatic carbocycles. The fraction of sp³-hybridized carbons (Fsp3) is 0.235. The molecule has 2 aromatic carbocycles. The van der Waals surface area contributed by atoms with E-state index in [1.165, 1.54) is 11.3 Å². The third-order valence-electron chi connectivity index (χ3n) is 3.87. The first-order chi connectivity index (χ1) is 9.69. The second kappa shape index (κ2) is 5.19. The lowest BCUT2D eigenvalue weighted by Crippen LogP contribution is -2.28. The van der Waals surface area contributed by atoms with Crippen LogP contribution in [0.25, 0.3) is 0 Å². The topological polar surface area (TPSA) is 27.0 Å². The molecule has 2 nitrogen and oxygen atoms in total. The number of hydrogen-bond acceptors (Lipinski definition) is 2. The van der Waals surface area contributed by atoms with Gasteiger partial charge in [-0.2, -0.15) is 5.26 Å². The van der Waals surface area contributed by atoms with Crippen molar-refractivity contribution >= 4 is 17.3 Å². The summed E-state index contributed by atoms with van der Waals surface area (Å²) in [6, 6.07) is 16.6. The molecule has 0 radical (unpaired) electrons. The average Bonchev–Trinajstić information content (AvgIpc) is 2.77. The number of benzene rings is 2. The molecule has 1 unspecified atom stereocenters. The zero-order valence-corrected chi connectivity index (χ0v) is 12.1. The van der Waals surface area contributed by atoms with Crippen LogP contribution in [0.4, 0.5) is 5.69 Å². The van der Waals surface area contributed by atoms with E-state index in [4.69, 9.17) is 16.9 Å². The maximum Gasteiger partial charge on any atom is 0.0992 e. The van der Waals surface area contributed by atoms with Crippen LogP contribution in [0.2, 0.25) is 5.02 Å². The third kappa shape index (κ3) is 2.26. The fourth-order valence-corrected chi connectivity index (χ4v) is 3.04. The smallest absolute Gasteiger partial charge is 0.0992 e. The van der Waals surface area contributed by atoms with E-state index in [9.17, 15) is 0 Å². The molecular weight excluding hydrogens is 268 g/mol. The van der Waals surface area contributed by atoms with Crippen LogP contribution in [-0.2, 0) is 13.0 Å². The van der Waals surface area contributed by atoms with E-state index in [0.717, 1.165) is 18.5 Å². The van der Waals surface area contributed by atoms with Crippen LogP contribution in [0.3, 0.4) is 0 Å². The normalized spacial score (nSPS) is 16.9. The van der Waals surface area contributed by atoms with Gasteiger partial charge in [0.05, 0.1) is 11.6 Å². The van der Waals surface area contributed by atoms with Crippen molar-refractivity contribution in [2.75, 3.05) is 4.90 Å². The first kappa shape index (κ1) is 13.0.